The Kier molecular flexibility index (Phi) is 6.02. The molecular weight excluding hydrogens is 439 g/mol. The summed E-state index contributed by atoms with van der Waals surface area (Å²) < 4.78 is 15.8. The van der Waals surface area contributed by atoms with Crippen molar-refractivity contribution in [3.8, 4) is 17.5 Å². The van der Waals surface area contributed by atoms with Gasteiger partial charge in [-0.05, 0) is 57.9 Å². The molecule has 1 fully saturated rings. The fourth-order valence-corrected chi connectivity index (χ4v) is 4.00. The number of alkyl halides is 1. The lowest BCUT2D eigenvalue weighted by Gasteiger charge is -2.42. The number of nitriles is 1. The molecule has 178 valence electrons. The van der Waals surface area contributed by atoms with E-state index >= 15 is 0 Å². The smallest absolute Gasteiger partial charge is 0.255 e. The quantitative estimate of drug-likeness (QED) is 0.420. The van der Waals surface area contributed by atoms with E-state index < -0.39 is 23.3 Å². The van der Waals surface area contributed by atoms with Gasteiger partial charge in [-0.2, -0.15) is 10.4 Å². The number of hydrogen-bond acceptors (Lipinski definition) is 7. The molecule has 1 atom stereocenters. The second-order valence-electron chi connectivity index (χ2n) is 9.60. The van der Waals surface area contributed by atoms with Crippen LogP contribution < -0.4 is 10.6 Å². The van der Waals surface area contributed by atoms with Crippen LogP contribution in [-0.2, 0) is 0 Å². The van der Waals surface area contributed by atoms with E-state index in [0.717, 1.165) is 5.52 Å². The van der Waals surface area contributed by atoms with Crippen LogP contribution in [0, 0.1) is 11.3 Å². The van der Waals surface area contributed by atoms with Crippen LogP contribution in [0.25, 0.3) is 16.9 Å². The molecule has 3 heterocycles. The fraction of sp³-hybridized carbons (Fsp3) is 0.417. The number of pyridine rings is 1. The zero-order valence-electron chi connectivity index (χ0n) is 19.2. The lowest BCUT2D eigenvalue weighted by atomic mass is 9.77. The summed E-state index contributed by atoms with van der Waals surface area (Å²) in [6.07, 6.45) is 2.26. The predicted octanol–water partition coefficient (Wildman–Crippen LogP) is 2.43. The summed E-state index contributed by atoms with van der Waals surface area (Å²) >= 11 is 0. The minimum atomic E-state index is -1.64. The summed E-state index contributed by atoms with van der Waals surface area (Å²) in [5.41, 5.74) is 0.746. The molecule has 4 N–H and O–H groups in total. The average Bonchev–Trinajstić information content (AvgIpc) is 3.18. The van der Waals surface area contributed by atoms with Crippen molar-refractivity contribution in [2.75, 3.05) is 11.9 Å². The highest BCUT2D eigenvalue weighted by Gasteiger charge is 2.38. The summed E-state index contributed by atoms with van der Waals surface area (Å²) in [5, 5.41) is 39.1. The van der Waals surface area contributed by atoms with E-state index in [1.807, 2.05) is 12.1 Å². The van der Waals surface area contributed by atoms with Crippen molar-refractivity contribution in [3.05, 3.63) is 47.8 Å². The Balaban J connectivity index is 1.65. The normalized spacial score (nSPS) is 20.9. The number of aliphatic hydroxyl groups is 2. The largest absolute Gasteiger partial charge is 0.390 e. The van der Waals surface area contributed by atoms with Crippen LogP contribution in [0.4, 0.5) is 10.1 Å². The number of carbonyl (C=O) groups is 1. The van der Waals surface area contributed by atoms with Crippen molar-refractivity contribution in [1.82, 2.24) is 19.9 Å². The number of nitrogens with zero attached hydrogens (tertiary/aromatic N) is 4. The molecule has 9 nitrogen and oxygen atoms in total. The first-order chi connectivity index (χ1) is 16.0. The topological polar surface area (TPSA) is 136 Å². The van der Waals surface area contributed by atoms with Crippen molar-refractivity contribution < 1.29 is 19.4 Å². The molecule has 1 saturated carbocycles. The third kappa shape index (κ3) is 4.85. The Morgan fingerprint density at radius 3 is 2.76 bits per heavy atom. The molecule has 0 radical (unpaired) electrons. The maximum absolute atomic E-state index is 14.1. The molecule has 0 aliphatic heterocycles. The van der Waals surface area contributed by atoms with Crippen LogP contribution in [0.5, 0.6) is 0 Å². The highest BCUT2D eigenvalue weighted by molar-refractivity contribution is 6.00. The highest BCUT2D eigenvalue weighted by atomic mass is 19.1. The van der Waals surface area contributed by atoms with Crippen LogP contribution >= 0.6 is 0 Å². The number of rotatable bonds is 7. The number of fused-ring (bicyclic) bond motifs is 1. The van der Waals surface area contributed by atoms with Crippen molar-refractivity contribution in [2.45, 2.75) is 57.0 Å². The summed E-state index contributed by atoms with van der Waals surface area (Å²) in [5.74, 6) is -0.531. The molecule has 0 aromatic carbocycles. The molecule has 1 aliphatic carbocycles. The molecule has 0 unspecified atom stereocenters. The second kappa shape index (κ2) is 8.66. The maximum atomic E-state index is 14.1. The number of amides is 1. The standard InChI is InChI=1S/C24H27FN6O3/c1-23(2,33)21(25)13-28-22(32)17-12-27-19(7-18(17)30-15-8-24(3,34)9-15)20-5-4-16-6-14(10-26)11-29-31(16)20/h4-7,11-12,15,21,33-34H,8-9,13H2,1-3H3,(H,27,30)(H,28,32)/t15?,21-,24?/m1/s1. The molecule has 1 aliphatic rings. The number of hydrogen-bond donors (Lipinski definition) is 4. The van der Waals surface area contributed by atoms with Crippen LogP contribution in [0.15, 0.2) is 36.7 Å². The number of carbonyl (C=O) groups excluding carboxylic acids is 1. The Hall–Kier alpha value is -3.55. The first kappa shape index (κ1) is 23.6. The van der Waals surface area contributed by atoms with Crippen LogP contribution in [-0.4, -0.2) is 60.7 Å². The minimum Gasteiger partial charge on any atom is -0.390 e. The monoisotopic (exact) mass is 466 g/mol. The van der Waals surface area contributed by atoms with E-state index in [0.29, 0.717) is 35.5 Å². The van der Waals surface area contributed by atoms with E-state index in [-0.39, 0.29) is 18.2 Å². The minimum absolute atomic E-state index is 0.0394. The molecule has 3 aromatic heterocycles. The number of anilines is 1. The number of aromatic nitrogens is 3. The van der Waals surface area contributed by atoms with Gasteiger partial charge in [0, 0.05) is 12.2 Å². The summed E-state index contributed by atoms with van der Waals surface area (Å²) in [6.45, 7) is 4.08. The van der Waals surface area contributed by atoms with Gasteiger partial charge in [0.15, 0.2) is 0 Å². The Morgan fingerprint density at radius 2 is 2.12 bits per heavy atom. The van der Waals surface area contributed by atoms with Gasteiger partial charge in [-0.15, -0.1) is 0 Å². The van der Waals surface area contributed by atoms with Crippen molar-refractivity contribution >= 4 is 17.1 Å². The molecule has 0 spiro atoms. The number of halogens is 1. The van der Waals surface area contributed by atoms with Gasteiger partial charge in [0.25, 0.3) is 5.91 Å². The SMILES string of the molecule is CC1(O)CC(Nc2cc(-c3ccc4cc(C#N)cnn34)ncc2C(=O)NC[C@@H](F)C(C)(C)O)C1. The first-order valence-corrected chi connectivity index (χ1v) is 11.0. The Bertz CT molecular complexity index is 1270. The van der Waals surface area contributed by atoms with Gasteiger partial charge in [-0.25, -0.2) is 8.91 Å². The summed E-state index contributed by atoms with van der Waals surface area (Å²) in [7, 11) is 0. The van der Waals surface area contributed by atoms with Gasteiger partial charge in [0.2, 0.25) is 0 Å². The zero-order chi connectivity index (χ0) is 24.7. The van der Waals surface area contributed by atoms with Crippen LogP contribution in [0.3, 0.4) is 0 Å². The van der Waals surface area contributed by atoms with Gasteiger partial charge in [0.1, 0.15) is 12.2 Å². The van der Waals surface area contributed by atoms with Gasteiger partial charge in [-0.1, -0.05) is 0 Å². The summed E-state index contributed by atoms with van der Waals surface area (Å²) in [4.78, 5) is 17.3. The van der Waals surface area contributed by atoms with Gasteiger partial charge in [-0.3, -0.25) is 9.78 Å². The highest BCUT2D eigenvalue weighted by Crippen LogP contribution is 2.35. The molecule has 1 amide bonds. The molecule has 0 bridgehead atoms. The van der Waals surface area contributed by atoms with Crippen LogP contribution in [0.1, 0.15) is 49.5 Å². The molecule has 4 rings (SSSR count). The molecular formula is C24H27FN6O3. The molecule has 0 saturated heterocycles. The van der Waals surface area contributed by atoms with Crippen molar-refractivity contribution in [3.63, 3.8) is 0 Å². The van der Waals surface area contributed by atoms with Gasteiger partial charge >= 0.3 is 0 Å². The van der Waals surface area contributed by atoms with Crippen molar-refractivity contribution in [1.29, 1.82) is 5.26 Å². The molecule has 10 heteroatoms. The Morgan fingerprint density at radius 1 is 1.38 bits per heavy atom. The van der Waals surface area contributed by atoms with E-state index in [9.17, 15) is 19.4 Å². The van der Waals surface area contributed by atoms with E-state index in [1.165, 1.54) is 26.2 Å². The molecule has 34 heavy (non-hydrogen) atoms. The second-order valence-corrected chi connectivity index (χ2v) is 9.60. The third-order valence-electron chi connectivity index (χ3n) is 5.98. The van der Waals surface area contributed by atoms with Crippen molar-refractivity contribution in [2.24, 2.45) is 0 Å². The lowest BCUT2D eigenvalue weighted by Crippen LogP contribution is -2.48. The van der Waals surface area contributed by atoms with Gasteiger partial charge < -0.3 is 20.8 Å². The zero-order valence-corrected chi connectivity index (χ0v) is 19.2. The first-order valence-electron chi connectivity index (χ1n) is 11.0. The fourth-order valence-electron chi connectivity index (χ4n) is 4.00. The number of nitrogens with one attached hydrogen (secondary N) is 2. The third-order valence-corrected chi connectivity index (χ3v) is 5.98. The molecule has 3 aromatic rings. The predicted molar refractivity (Wildman–Crippen MR) is 124 cm³/mol. The van der Waals surface area contributed by atoms with E-state index in [1.54, 1.807) is 23.6 Å². The average molecular weight is 467 g/mol. The van der Waals surface area contributed by atoms with E-state index in [4.69, 9.17) is 5.26 Å². The summed E-state index contributed by atoms with van der Waals surface area (Å²) in [6, 6.07) is 9.09. The van der Waals surface area contributed by atoms with Crippen LogP contribution in [0.2, 0.25) is 0 Å². The maximum Gasteiger partial charge on any atom is 0.255 e. The Labute approximate surface area is 196 Å². The van der Waals surface area contributed by atoms with E-state index in [2.05, 4.69) is 26.8 Å². The van der Waals surface area contributed by atoms with Gasteiger partial charge in [0.05, 0.1) is 57.7 Å². The lowest BCUT2D eigenvalue weighted by molar-refractivity contribution is -0.0234.